The van der Waals surface area contributed by atoms with Crippen LogP contribution in [-0.4, -0.2) is 22.9 Å². The molecule has 2 bridgehead atoms. The molecular formula is C18H22N2O5. The van der Waals surface area contributed by atoms with E-state index in [2.05, 4.69) is 10.9 Å². The molecule has 25 heavy (non-hydrogen) atoms. The average Bonchev–Trinajstić information content (AvgIpc) is 3.24. The van der Waals surface area contributed by atoms with Crippen molar-refractivity contribution in [3.8, 4) is 0 Å². The highest BCUT2D eigenvalue weighted by molar-refractivity contribution is 5.97. The summed E-state index contributed by atoms with van der Waals surface area (Å²) in [7, 11) is 0. The fraction of sp³-hybridized carbons (Fsp3) is 0.500. The first kappa shape index (κ1) is 17.3. The highest BCUT2D eigenvalue weighted by Gasteiger charge is 2.57. The highest BCUT2D eigenvalue weighted by atomic mass is 16.4. The van der Waals surface area contributed by atoms with Gasteiger partial charge in [-0.15, -0.1) is 0 Å². The van der Waals surface area contributed by atoms with Crippen molar-refractivity contribution in [3.63, 3.8) is 0 Å². The van der Waals surface area contributed by atoms with E-state index in [0.29, 0.717) is 11.3 Å². The van der Waals surface area contributed by atoms with Gasteiger partial charge in [-0.1, -0.05) is 11.1 Å². The lowest BCUT2D eigenvalue weighted by molar-refractivity contribution is -0.149. The Balaban J connectivity index is 1.75. The number of hydrogen-bond donors (Lipinski definition) is 3. The summed E-state index contributed by atoms with van der Waals surface area (Å²) in [6.07, 6.45) is 3.00. The van der Waals surface area contributed by atoms with Crippen molar-refractivity contribution in [1.82, 2.24) is 10.9 Å². The number of rotatable bonds is 3. The SMILES string of the molecule is CC(C)=C1[C@H]2CC[C@@H]1[C@H](C(=O)NNC(=O)c1ccoc1C)[C@H]2C(=O)O. The van der Waals surface area contributed by atoms with Gasteiger partial charge in [0.2, 0.25) is 5.91 Å². The zero-order chi connectivity index (χ0) is 18.3. The predicted octanol–water partition coefficient (Wildman–Crippen LogP) is 2.04. The second kappa shape index (κ2) is 6.38. The summed E-state index contributed by atoms with van der Waals surface area (Å²) < 4.78 is 5.06. The number of carboxylic acid groups (broad SMARTS) is 1. The lowest BCUT2D eigenvalue weighted by Crippen LogP contribution is -2.48. The number of hydrazine groups is 1. The van der Waals surface area contributed by atoms with Gasteiger partial charge in [-0.2, -0.15) is 0 Å². The fourth-order valence-corrected chi connectivity index (χ4v) is 4.49. The number of amides is 2. The van der Waals surface area contributed by atoms with Crippen LogP contribution >= 0.6 is 0 Å². The Morgan fingerprint density at radius 3 is 2.28 bits per heavy atom. The van der Waals surface area contributed by atoms with Gasteiger partial charge in [0.15, 0.2) is 0 Å². The summed E-state index contributed by atoms with van der Waals surface area (Å²) in [4.78, 5) is 36.5. The zero-order valence-electron chi connectivity index (χ0n) is 14.5. The van der Waals surface area contributed by atoms with Gasteiger partial charge >= 0.3 is 5.97 Å². The summed E-state index contributed by atoms with van der Waals surface area (Å²) >= 11 is 0. The van der Waals surface area contributed by atoms with Gasteiger partial charge in [0, 0.05) is 0 Å². The normalized spacial score (nSPS) is 27.2. The van der Waals surface area contributed by atoms with Crippen molar-refractivity contribution in [1.29, 1.82) is 0 Å². The van der Waals surface area contributed by atoms with Gasteiger partial charge in [0.1, 0.15) is 5.76 Å². The van der Waals surface area contributed by atoms with Crippen LogP contribution in [0.3, 0.4) is 0 Å². The van der Waals surface area contributed by atoms with Gasteiger partial charge in [-0.3, -0.25) is 25.2 Å². The number of hydrogen-bond acceptors (Lipinski definition) is 4. The average molecular weight is 346 g/mol. The van der Waals surface area contributed by atoms with E-state index in [1.807, 2.05) is 13.8 Å². The van der Waals surface area contributed by atoms with E-state index in [9.17, 15) is 19.5 Å². The first-order valence-corrected chi connectivity index (χ1v) is 8.37. The quantitative estimate of drug-likeness (QED) is 0.573. The molecular weight excluding hydrogens is 324 g/mol. The molecule has 0 saturated heterocycles. The summed E-state index contributed by atoms with van der Waals surface area (Å²) in [5.74, 6) is -3.00. The Morgan fingerprint density at radius 2 is 1.76 bits per heavy atom. The third-order valence-electron chi connectivity index (χ3n) is 5.41. The summed E-state index contributed by atoms with van der Waals surface area (Å²) in [6, 6.07) is 1.51. The Labute approximate surface area is 145 Å². The van der Waals surface area contributed by atoms with Gasteiger partial charge in [0.05, 0.1) is 23.7 Å². The van der Waals surface area contributed by atoms with Crippen LogP contribution in [0.2, 0.25) is 0 Å². The fourth-order valence-electron chi connectivity index (χ4n) is 4.49. The van der Waals surface area contributed by atoms with E-state index in [0.717, 1.165) is 24.0 Å². The van der Waals surface area contributed by atoms with E-state index in [1.54, 1.807) is 6.92 Å². The van der Waals surface area contributed by atoms with Crippen LogP contribution in [0.4, 0.5) is 0 Å². The summed E-state index contributed by atoms with van der Waals surface area (Å²) in [5.41, 5.74) is 7.28. The van der Waals surface area contributed by atoms with Gasteiger partial charge in [0.25, 0.3) is 5.91 Å². The molecule has 3 N–H and O–H groups in total. The van der Waals surface area contributed by atoms with Crippen LogP contribution in [0.1, 0.15) is 42.8 Å². The number of furan rings is 1. The van der Waals surface area contributed by atoms with Gasteiger partial charge in [-0.05, 0) is 51.5 Å². The van der Waals surface area contributed by atoms with E-state index in [1.165, 1.54) is 12.3 Å². The minimum atomic E-state index is -0.955. The number of carbonyl (C=O) groups is 3. The maximum atomic E-state index is 12.6. The molecule has 4 atom stereocenters. The van der Waals surface area contributed by atoms with Crippen molar-refractivity contribution in [3.05, 3.63) is 34.8 Å². The molecule has 2 saturated carbocycles. The molecule has 2 aliphatic rings. The molecule has 0 aliphatic heterocycles. The molecule has 7 heteroatoms. The lowest BCUT2D eigenvalue weighted by Gasteiger charge is -2.26. The number of carboxylic acids is 1. The molecule has 0 unspecified atom stereocenters. The lowest BCUT2D eigenvalue weighted by atomic mass is 9.79. The summed E-state index contributed by atoms with van der Waals surface area (Å²) in [5, 5.41) is 9.62. The second-order valence-electron chi connectivity index (χ2n) is 6.97. The molecule has 0 aromatic carbocycles. The predicted molar refractivity (Wildman–Crippen MR) is 88.3 cm³/mol. The molecule has 0 spiro atoms. The van der Waals surface area contributed by atoms with Crippen molar-refractivity contribution >= 4 is 17.8 Å². The molecule has 134 valence electrons. The van der Waals surface area contributed by atoms with Crippen LogP contribution in [0.15, 0.2) is 27.9 Å². The van der Waals surface area contributed by atoms with Crippen LogP contribution in [0.5, 0.6) is 0 Å². The first-order valence-electron chi connectivity index (χ1n) is 8.37. The van der Waals surface area contributed by atoms with E-state index >= 15 is 0 Å². The minimum absolute atomic E-state index is 0.0661. The van der Waals surface area contributed by atoms with Crippen LogP contribution in [0, 0.1) is 30.6 Å². The maximum Gasteiger partial charge on any atom is 0.307 e. The third-order valence-corrected chi connectivity index (χ3v) is 5.41. The number of aliphatic carboxylic acids is 1. The minimum Gasteiger partial charge on any atom is -0.481 e. The smallest absolute Gasteiger partial charge is 0.307 e. The van der Waals surface area contributed by atoms with Crippen molar-refractivity contribution in [2.45, 2.75) is 33.6 Å². The first-order chi connectivity index (χ1) is 11.8. The molecule has 1 aromatic heterocycles. The third kappa shape index (κ3) is 2.83. The number of aryl methyl sites for hydroxylation is 1. The highest BCUT2D eigenvalue weighted by Crippen LogP contribution is 2.57. The number of nitrogens with one attached hydrogen (secondary N) is 2. The zero-order valence-corrected chi connectivity index (χ0v) is 14.5. The monoisotopic (exact) mass is 346 g/mol. The van der Waals surface area contributed by atoms with E-state index in [4.69, 9.17) is 4.42 Å². The number of fused-ring (bicyclic) bond motifs is 2. The van der Waals surface area contributed by atoms with Crippen LogP contribution in [0.25, 0.3) is 0 Å². The van der Waals surface area contributed by atoms with Crippen molar-refractivity contribution in [2.24, 2.45) is 23.7 Å². The topological polar surface area (TPSA) is 109 Å². The van der Waals surface area contributed by atoms with E-state index < -0.39 is 29.6 Å². The molecule has 2 fully saturated rings. The Bertz CT molecular complexity index is 759. The van der Waals surface area contributed by atoms with Gasteiger partial charge < -0.3 is 9.52 Å². The molecule has 1 aromatic rings. The van der Waals surface area contributed by atoms with Crippen LogP contribution in [-0.2, 0) is 9.59 Å². The Kier molecular flexibility index (Phi) is 4.41. The standard InChI is InChI=1S/C18H22N2O5/c1-8(2)13-11-4-5-12(13)15(18(23)24)14(11)17(22)20-19-16(21)10-6-7-25-9(10)3/h6-7,11-12,14-15H,4-5H2,1-3H3,(H,19,21)(H,20,22)(H,23,24)/t11-,12+,14-,15-/m0/s1. The van der Waals surface area contributed by atoms with E-state index in [-0.39, 0.29) is 11.8 Å². The molecule has 0 radical (unpaired) electrons. The maximum absolute atomic E-state index is 12.6. The largest absolute Gasteiger partial charge is 0.481 e. The molecule has 1 heterocycles. The van der Waals surface area contributed by atoms with Crippen LogP contribution < -0.4 is 10.9 Å². The second-order valence-corrected chi connectivity index (χ2v) is 6.97. The number of carbonyl (C=O) groups excluding carboxylic acids is 2. The molecule has 3 rings (SSSR count). The summed E-state index contributed by atoms with van der Waals surface area (Å²) in [6.45, 7) is 5.57. The van der Waals surface area contributed by atoms with Crippen molar-refractivity contribution < 1.29 is 23.9 Å². The Morgan fingerprint density at radius 1 is 1.12 bits per heavy atom. The van der Waals surface area contributed by atoms with Crippen molar-refractivity contribution in [2.75, 3.05) is 0 Å². The van der Waals surface area contributed by atoms with Gasteiger partial charge in [-0.25, -0.2) is 0 Å². The molecule has 7 nitrogen and oxygen atoms in total. The Hall–Kier alpha value is -2.57. The molecule has 2 amide bonds. The molecule has 2 aliphatic carbocycles. The number of allylic oxidation sites excluding steroid dienone is 2.